The van der Waals surface area contributed by atoms with Crippen molar-refractivity contribution in [2.45, 2.75) is 24.2 Å². The third-order valence-corrected chi connectivity index (χ3v) is 6.90. The number of nitrogens with zero attached hydrogens (tertiary/aromatic N) is 1. The number of benzene rings is 3. The molecule has 38 heavy (non-hydrogen) atoms. The van der Waals surface area contributed by atoms with E-state index in [1.807, 2.05) is 30.3 Å². The Hall–Kier alpha value is -3.95. The molecule has 0 bridgehead atoms. The van der Waals surface area contributed by atoms with Gasteiger partial charge in [-0.05, 0) is 66.9 Å². The van der Waals surface area contributed by atoms with Gasteiger partial charge in [0, 0.05) is 43.0 Å². The van der Waals surface area contributed by atoms with Gasteiger partial charge in [-0.1, -0.05) is 42.1 Å². The van der Waals surface area contributed by atoms with Crippen molar-refractivity contribution in [3.63, 3.8) is 0 Å². The first-order valence-electron chi connectivity index (χ1n) is 12.2. The molecule has 7 nitrogen and oxygen atoms in total. The maximum Gasteiger partial charge on any atom is 0.278 e. The molecule has 0 unspecified atom stereocenters. The third-order valence-electron chi connectivity index (χ3n) is 5.81. The standard InChI is InChI=1S/C29H28FN3O4S/c1-37-19-5-18-33-28(35)26(32-23-11-9-21(30)10-12-23)27(29(33)36)38-24-15-13-22(14-16-24)31-25(34)17-8-20-6-3-2-4-7-20/h2-4,6-7,9-16,32H,5,8,17-19H2,1H3,(H,31,34). The minimum Gasteiger partial charge on any atom is -0.385 e. The fraction of sp³-hybridized carbons (Fsp3) is 0.207. The Labute approximate surface area is 225 Å². The highest BCUT2D eigenvalue weighted by Crippen LogP contribution is 2.36. The van der Waals surface area contributed by atoms with E-state index in [-0.39, 0.29) is 23.1 Å². The lowest BCUT2D eigenvalue weighted by Gasteiger charge is -2.14. The van der Waals surface area contributed by atoms with E-state index in [4.69, 9.17) is 4.74 Å². The van der Waals surface area contributed by atoms with E-state index in [9.17, 15) is 18.8 Å². The van der Waals surface area contributed by atoms with Gasteiger partial charge in [0.1, 0.15) is 16.4 Å². The van der Waals surface area contributed by atoms with Gasteiger partial charge in [-0.2, -0.15) is 0 Å². The first kappa shape index (κ1) is 27.1. The Kier molecular flexibility index (Phi) is 9.29. The number of thioether (sulfide) groups is 1. The summed E-state index contributed by atoms with van der Waals surface area (Å²) < 4.78 is 18.4. The summed E-state index contributed by atoms with van der Waals surface area (Å²) in [5.41, 5.74) is 2.37. The molecule has 0 aliphatic carbocycles. The van der Waals surface area contributed by atoms with Crippen LogP contribution in [0.1, 0.15) is 18.4 Å². The molecular weight excluding hydrogens is 505 g/mol. The summed E-state index contributed by atoms with van der Waals surface area (Å²) in [6, 6.07) is 22.5. The number of amides is 3. The van der Waals surface area contributed by atoms with Crippen LogP contribution in [0.25, 0.3) is 0 Å². The number of carbonyl (C=O) groups is 3. The molecule has 0 atom stereocenters. The molecular formula is C29H28FN3O4S. The second-order valence-corrected chi connectivity index (χ2v) is 9.69. The maximum absolute atomic E-state index is 13.4. The molecule has 0 radical (unpaired) electrons. The molecule has 3 aromatic rings. The molecule has 0 saturated heterocycles. The van der Waals surface area contributed by atoms with Gasteiger partial charge in [0.05, 0.1) is 0 Å². The van der Waals surface area contributed by atoms with Gasteiger partial charge in [-0.15, -0.1) is 0 Å². The van der Waals surface area contributed by atoms with E-state index < -0.39 is 17.6 Å². The summed E-state index contributed by atoms with van der Waals surface area (Å²) in [6.07, 6.45) is 1.52. The molecule has 0 aromatic heterocycles. The molecule has 1 aliphatic heterocycles. The summed E-state index contributed by atoms with van der Waals surface area (Å²) in [5, 5.41) is 5.88. The van der Waals surface area contributed by atoms with Gasteiger partial charge in [0.25, 0.3) is 11.8 Å². The van der Waals surface area contributed by atoms with E-state index >= 15 is 0 Å². The number of rotatable bonds is 12. The Balaban J connectivity index is 1.45. The number of ether oxygens (including phenoxy) is 1. The highest BCUT2D eigenvalue weighted by Gasteiger charge is 2.38. The van der Waals surface area contributed by atoms with Crippen LogP contribution in [0, 0.1) is 5.82 Å². The number of aryl methyl sites for hydroxylation is 1. The van der Waals surface area contributed by atoms with Gasteiger partial charge in [-0.25, -0.2) is 4.39 Å². The van der Waals surface area contributed by atoms with Crippen molar-refractivity contribution in [3.05, 3.63) is 101 Å². The minimum absolute atomic E-state index is 0.0917. The third kappa shape index (κ3) is 7.08. The number of halogens is 1. The van der Waals surface area contributed by atoms with Gasteiger partial charge < -0.3 is 15.4 Å². The minimum atomic E-state index is -0.444. The topological polar surface area (TPSA) is 87.7 Å². The Morgan fingerprint density at radius 1 is 0.921 bits per heavy atom. The Morgan fingerprint density at radius 2 is 1.61 bits per heavy atom. The Bertz CT molecular complexity index is 1310. The van der Waals surface area contributed by atoms with Crippen LogP contribution in [0.4, 0.5) is 15.8 Å². The predicted octanol–water partition coefficient (Wildman–Crippen LogP) is 5.22. The average Bonchev–Trinajstić information content (AvgIpc) is 3.14. The zero-order valence-electron chi connectivity index (χ0n) is 20.9. The molecule has 3 amide bonds. The van der Waals surface area contributed by atoms with Crippen molar-refractivity contribution < 1.29 is 23.5 Å². The Morgan fingerprint density at radius 3 is 2.29 bits per heavy atom. The van der Waals surface area contributed by atoms with Crippen LogP contribution in [-0.2, 0) is 25.5 Å². The fourth-order valence-electron chi connectivity index (χ4n) is 3.86. The number of hydrogen-bond donors (Lipinski definition) is 2. The summed E-state index contributed by atoms with van der Waals surface area (Å²) in [4.78, 5) is 40.8. The van der Waals surface area contributed by atoms with Crippen LogP contribution in [0.2, 0.25) is 0 Å². The number of hydrogen-bond acceptors (Lipinski definition) is 6. The SMILES string of the molecule is COCCCN1C(=O)C(Nc2ccc(F)cc2)=C(Sc2ccc(NC(=O)CCc3ccccc3)cc2)C1=O. The van der Waals surface area contributed by atoms with Crippen molar-refractivity contribution in [1.82, 2.24) is 4.90 Å². The molecule has 0 spiro atoms. The molecule has 0 saturated carbocycles. The van der Waals surface area contributed by atoms with Crippen molar-refractivity contribution in [3.8, 4) is 0 Å². The quantitative estimate of drug-likeness (QED) is 0.245. The van der Waals surface area contributed by atoms with Crippen LogP contribution in [0.5, 0.6) is 0 Å². The lowest BCUT2D eigenvalue weighted by molar-refractivity contribution is -0.137. The smallest absolute Gasteiger partial charge is 0.278 e. The van der Waals surface area contributed by atoms with Crippen LogP contribution in [0.3, 0.4) is 0 Å². The molecule has 1 heterocycles. The van der Waals surface area contributed by atoms with Crippen LogP contribution in [-0.4, -0.2) is 42.9 Å². The zero-order chi connectivity index (χ0) is 26.9. The number of anilines is 2. The molecule has 4 rings (SSSR count). The average molecular weight is 534 g/mol. The lowest BCUT2D eigenvalue weighted by Crippen LogP contribution is -2.33. The second kappa shape index (κ2) is 13.0. The van der Waals surface area contributed by atoms with Crippen molar-refractivity contribution in [2.75, 3.05) is 30.9 Å². The summed E-state index contributed by atoms with van der Waals surface area (Å²) >= 11 is 1.16. The van der Waals surface area contributed by atoms with Gasteiger partial charge in [0.2, 0.25) is 5.91 Å². The van der Waals surface area contributed by atoms with E-state index in [0.717, 1.165) is 22.2 Å². The van der Waals surface area contributed by atoms with Gasteiger partial charge >= 0.3 is 0 Å². The maximum atomic E-state index is 13.4. The number of carbonyl (C=O) groups excluding carboxylic acids is 3. The second-order valence-electron chi connectivity index (χ2n) is 8.60. The van der Waals surface area contributed by atoms with Crippen LogP contribution < -0.4 is 10.6 Å². The molecule has 2 N–H and O–H groups in total. The van der Waals surface area contributed by atoms with Gasteiger partial charge in [0.15, 0.2) is 0 Å². The molecule has 0 fully saturated rings. The summed E-state index contributed by atoms with van der Waals surface area (Å²) in [7, 11) is 1.56. The largest absolute Gasteiger partial charge is 0.385 e. The summed E-state index contributed by atoms with van der Waals surface area (Å²) in [6.45, 7) is 0.636. The number of imide groups is 1. The van der Waals surface area contributed by atoms with E-state index in [1.54, 1.807) is 31.4 Å². The highest BCUT2D eigenvalue weighted by atomic mass is 32.2. The van der Waals surface area contributed by atoms with Crippen LogP contribution >= 0.6 is 11.8 Å². The van der Waals surface area contributed by atoms with Crippen molar-refractivity contribution >= 4 is 40.9 Å². The number of nitrogens with one attached hydrogen (secondary N) is 2. The molecule has 9 heteroatoms. The normalized spacial score (nSPS) is 13.3. The molecule has 196 valence electrons. The summed E-state index contributed by atoms with van der Waals surface area (Å²) in [5.74, 6) is -1.34. The first-order chi connectivity index (χ1) is 18.4. The monoisotopic (exact) mass is 533 g/mol. The lowest BCUT2D eigenvalue weighted by atomic mass is 10.1. The molecule has 3 aromatic carbocycles. The van der Waals surface area contributed by atoms with Crippen molar-refractivity contribution in [1.29, 1.82) is 0 Å². The van der Waals surface area contributed by atoms with E-state index in [0.29, 0.717) is 37.2 Å². The van der Waals surface area contributed by atoms with E-state index in [1.165, 1.54) is 29.2 Å². The molecule has 1 aliphatic rings. The van der Waals surface area contributed by atoms with Crippen molar-refractivity contribution in [2.24, 2.45) is 0 Å². The zero-order valence-corrected chi connectivity index (χ0v) is 21.7. The van der Waals surface area contributed by atoms with Gasteiger partial charge in [-0.3, -0.25) is 19.3 Å². The fourth-order valence-corrected chi connectivity index (χ4v) is 4.80. The van der Waals surface area contributed by atoms with Crippen LogP contribution in [0.15, 0.2) is 94.4 Å². The predicted molar refractivity (Wildman–Crippen MR) is 146 cm³/mol. The first-order valence-corrected chi connectivity index (χ1v) is 13.0. The highest BCUT2D eigenvalue weighted by molar-refractivity contribution is 8.04. The number of methoxy groups -OCH3 is 1. The van der Waals surface area contributed by atoms with E-state index in [2.05, 4.69) is 10.6 Å².